The van der Waals surface area contributed by atoms with Crippen molar-refractivity contribution in [1.82, 2.24) is 0 Å². The van der Waals surface area contributed by atoms with Crippen molar-refractivity contribution in [3.05, 3.63) is 0 Å². The molecule has 0 saturated heterocycles. The minimum atomic E-state index is 0. The van der Waals surface area contributed by atoms with Gasteiger partial charge in [0.15, 0.2) is 0 Å². The predicted molar refractivity (Wildman–Crippen MR) is 11.9 cm³/mol. The Labute approximate surface area is 40.4 Å². The molecule has 0 spiro atoms. The molecule has 0 saturated carbocycles. The molecule has 3 N–H and O–H groups in total. The van der Waals surface area contributed by atoms with E-state index in [4.69, 9.17) is 5.41 Å². The first-order valence-electron chi connectivity index (χ1n) is 0.539. The minimum Gasteiger partial charge on any atom is -0.563 e. The molecule has 23 valence electrons. The van der Waals surface area contributed by atoms with Crippen molar-refractivity contribution in [3.8, 4) is 0 Å². The average molecular weight is 136 g/mol. The van der Waals surface area contributed by atoms with E-state index in [0.717, 1.165) is 0 Å². The number of nitrogens with one attached hydrogen (secondary N) is 1. The standard InChI is InChI=1S/CH3N2.Nb/c2-1-3;/h(H3,2,3);/q-1;. The van der Waals surface area contributed by atoms with E-state index in [0.29, 0.717) is 0 Å². The Kier molecular flexibility index (Phi) is 23.8. The molecule has 2 nitrogen and oxygen atoms in total. The molecule has 0 aromatic carbocycles. The van der Waals surface area contributed by atoms with Gasteiger partial charge in [-0.25, -0.2) is 0 Å². The summed E-state index contributed by atoms with van der Waals surface area (Å²) < 4.78 is 0. The van der Waals surface area contributed by atoms with Gasteiger partial charge in [0.05, 0.1) is 0 Å². The molecule has 0 aliphatic heterocycles. The third-order valence-electron chi connectivity index (χ3n) is 0. The average Bonchev–Trinajstić information content (AvgIpc) is 0.918. The van der Waals surface area contributed by atoms with Gasteiger partial charge in [0.2, 0.25) is 0 Å². The summed E-state index contributed by atoms with van der Waals surface area (Å²) in [6.45, 7) is 0. The Morgan fingerprint density at radius 3 is 1.75 bits per heavy atom. The Bertz CT molecular complexity index is 13.5. The van der Waals surface area contributed by atoms with Crippen molar-refractivity contribution < 1.29 is 22.4 Å². The van der Waals surface area contributed by atoms with E-state index in [9.17, 15) is 0 Å². The van der Waals surface area contributed by atoms with E-state index in [1.54, 1.807) is 0 Å². The summed E-state index contributed by atoms with van der Waals surface area (Å²) in [5, 5.41) is 5.74. The number of hydrogen-bond acceptors (Lipinski definition) is 1. The van der Waals surface area contributed by atoms with Crippen molar-refractivity contribution in [2.45, 2.75) is 0 Å². The Hall–Kier alpha value is 0.210. The van der Waals surface area contributed by atoms with E-state index >= 15 is 0 Å². The molecule has 0 aromatic rings. The predicted octanol–water partition coefficient (Wildman–Crippen LogP) is -0.573. The number of hydrogen-bond donors (Lipinski definition) is 2. The van der Waals surface area contributed by atoms with Crippen molar-refractivity contribution in [2.75, 3.05) is 0 Å². The van der Waals surface area contributed by atoms with Crippen LogP contribution in [0.2, 0.25) is 0 Å². The second-order valence-corrected chi connectivity index (χ2v) is 0.144. The first-order chi connectivity index (χ1) is 1.41. The maximum absolute atomic E-state index is 5.74. The maximum atomic E-state index is 5.74. The van der Waals surface area contributed by atoms with Crippen LogP contribution in [0.25, 0.3) is 0 Å². The summed E-state index contributed by atoms with van der Waals surface area (Å²) in [5.41, 5.74) is 4.26. The normalized spacial score (nSPS) is 3.00. The van der Waals surface area contributed by atoms with Gasteiger partial charge in [-0.15, -0.1) is 0 Å². The minimum absolute atomic E-state index is 0. The Balaban J connectivity index is 0. The van der Waals surface area contributed by atoms with E-state index < -0.39 is 0 Å². The van der Waals surface area contributed by atoms with Gasteiger partial charge in [-0.2, -0.15) is 0 Å². The Morgan fingerprint density at radius 2 is 1.75 bits per heavy atom. The van der Waals surface area contributed by atoms with Gasteiger partial charge >= 0.3 is 0 Å². The molecule has 1 radical (unpaired) electrons. The summed E-state index contributed by atoms with van der Waals surface area (Å²) in [7, 11) is 0. The van der Waals surface area contributed by atoms with Gasteiger partial charge in [0.25, 0.3) is 0 Å². The fourth-order valence-corrected chi connectivity index (χ4v) is 0. The van der Waals surface area contributed by atoms with E-state index in [2.05, 4.69) is 5.73 Å². The third kappa shape index (κ3) is 73.2. The summed E-state index contributed by atoms with van der Waals surface area (Å²) in [4.78, 5) is 0. The van der Waals surface area contributed by atoms with Gasteiger partial charge < -0.3 is 17.5 Å². The number of rotatable bonds is 0. The van der Waals surface area contributed by atoms with Crippen LogP contribution in [-0.2, 0) is 22.4 Å². The van der Waals surface area contributed by atoms with Gasteiger partial charge in [-0.3, -0.25) is 0 Å². The zero-order valence-electron chi connectivity index (χ0n) is 2.02. The van der Waals surface area contributed by atoms with Crippen molar-refractivity contribution in [2.24, 2.45) is 5.73 Å². The smallest absolute Gasteiger partial charge is 0 e. The molecular formula is CH3N2Nb-. The SMILES string of the molecule is N=[C-]N.[Nb]. The summed E-state index contributed by atoms with van der Waals surface area (Å²) >= 11 is 0. The molecule has 3 heteroatoms. The fourth-order valence-electron chi connectivity index (χ4n) is 0. The van der Waals surface area contributed by atoms with Crippen LogP contribution in [0, 0.1) is 5.41 Å². The van der Waals surface area contributed by atoms with Crippen molar-refractivity contribution >= 4 is 6.34 Å². The molecule has 0 aliphatic rings. The molecule has 0 fully saturated rings. The van der Waals surface area contributed by atoms with Gasteiger partial charge in [0.1, 0.15) is 0 Å². The first kappa shape index (κ1) is 8.88. The molecule has 4 heavy (non-hydrogen) atoms. The topological polar surface area (TPSA) is 49.9 Å². The number of nitrogens with two attached hydrogens (primary N) is 1. The molecular weight excluding hydrogens is 133 g/mol. The van der Waals surface area contributed by atoms with Crippen LogP contribution in [0.5, 0.6) is 0 Å². The largest absolute Gasteiger partial charge is 0.563 e. The molecule has 0 aromatic heterocycles. The molecule has 0 rings (SSSR count). The second-order valence-electron chi connectivity index (χ2n) is 0.144. The van der Waals surface area contributed by atoms with Crippen LogP contribution in [0.1, 0.15) is 0 Å². The van der Waals surface area contributed by atoms with Gasteiger partial charge in [-0.05, 0) is 0 Å². The zero-order chi connectivity index (χ0) is 2.71. The van der Waals surface area contributed by atoms with Gasteiger partial charge in [-0.1, -0.05) is 0 Å². The van der Waals surface area contributed by atoms with Gasteiger partial charge in [0, 0.05) is 22.4 Å². The molecule has 0 bridgehead atoms. The van der Waals surface area contributed by atoms with Crippen LogP contribution in [0.4, 0.5) is 0 Å². The van der Waals surface area contributed by atoms with Crippen molar-refractivity contribution in [3.63, 3.8) is 0 Å². The van der Waals surface area contributed by atoms with Crippen LogP contribution in [0.15, 0.2) is 0 Å². The van der Waals surface area contributed by atoms with Crippen LogP contribution < -0.4 is 5.73 Å². The summed E-state index contributed by atoms with van der Waals surface area (Å²) in [6, 6.07) is 0. The molecule has 0 amide bonds. The zero-order valence-corrected chi connectivity index (χ0v) is 4.22. The molecule has 0 unspecified atom stereocenters. The monoisotopic (exact) mass is 136 g/mol. The summed E-state index contributed by atoms with van der Waals surface area (Å²) in [6.07, 6.45) is 1.50. The summed E-state index contributed by atoms with van der Waals surface area (Å²) in [5.74, 6) is 0. The molecule has 0 aliphatic carbocycles. The van der Waals surface area contributed by atoms with E-state index in [1.807, 2.05) is 0 Å². The van der Waals surface area contributed by atoms with E-state index in [-0.39, 0.29) is 22.4 Å². The van der Waals surface area contributed by atoms with E-state index in [1.165, 1.54) is 6.34 Å². The molecule has 0 atom stereocenters. The fraction of sp³-hybridized carbons (Fsp3) is 0. The molecule has 0 heterocycles. The van der Waals surface area contributed by atoms with Crippen LogP contribution in [0.3, 0.4) is 0 Å². The third-order valence-corrected chi connectivity index (χ3v) is 0. The Morgan fingerprint density at radius 1 is 1.75 bits per heavy atom. The van der Waals surface area contributed by atoms with Crippen LogP contribution in [-0.4, -0.2) is 6.34 Å². The first-order valence-corrected chi connectivity index (χ1v) is 0.539. The van der Waals surface area contributed by atoms with Crippen LogP contribution >= 0.6 is 0 Å². The second kappa shape index (κ2) is 10.7. The quantitative estimate of drug-likeness (QED) is 0.151. The maximum Gasteiger partial charge on any atom is 0 e. The van der Waals surface area contributed by atoms with Crippen molar-refractivity contribution in [1.29, 1.82) is 5.41 Å².